The van der Waals surface area contributed by atoms with E-state index in [1.54, 1.807) is 0 Å². The quantitative estimate of drug-likeness (QED) is 0.325. The van der Waals surface area contributed by atoms with Crippen molar-refractivity contribution >= 4 is 11.6 Å². The van der Waals surface area contributed by atoms with Gasteiger partial charge in [0.2, 0.25) is 0 Å². The fraction of sp³-hybridized carbons (Fsp3) is 0.500. The van der Waals surface area contributed by atoms with Gasteiger partial charge in [0.25, 0.3) is 0 Å². The predicted molar refractivity (Wildman–Crippen MR) is 137 cm³/mol. The zero-order valence-corrected chi connectivity index (χ0v) is 21.1. The van der Waals surface area contributed by atoms with Crippen LogP contribution in [0.5, 0.6) is 11.5 Å². The Labute approximate surface area is 204 Å². The highest BCUT2D eigenvalue weighted by Gasteiger charge is 2.25. The summed E-state index contributed by atoms with van der Waals surface area (Å²) in [7, 11) is 0. The molecule has 0 amide bonds. The van der Waals surface area contributed by atoms with Gasteiger partial charge < -0.3 is 20.1 Å². The molecular formula is C28H40N2O4. The summed E-state index contributed by atoms with van der Waals surface area (Å²) in [5, 5.41) is 6.63. The maximum absolute atomic E-state index is 13.3. The van der Waals surface area contributed by atoms with E-state index in [4.69, 9.17) is 9.47 Å². The third-order valence-corrected chi connectivity index (χ3v) is 5.79. The SMILES string of the molecule is CCNC[C@H](CC[C@@H](CNCC)C(=O)c1ccc(OCC)cc1)C(=O)c1ccc(OCC)cc1. The Balaban J connectivity index is 2.12. The van der Waals surface area contributed by atoms with E-state index in [2.05, 4.69) is 10.6 Å². The molecule has 2 N–H and O–H groups in total. The van der Waals surface area contributed by atoms with Crippen LogP contribution in [0.1, 0.15) is 61.3 Å². The molecule has 186 valence electrons. The topological polar surface area (TPSA) is 76.7 Å². The van der Waals surface area contributed by atoms with Crippen molar-refractivity contribution in [3.63, 3.8) is 0 Å². The fourth-order valence-corrected chi connectivity index (χ4v) is 3.93. The molecule has 0 heterocycles. The molecule has 0 saturated heterocycles. The van der Waals surface area contributed by atoms with Crippen LogP contribution in [-0.2, 0) is 0 Å². The molecule has 0 bridgehead atoms. The maximum Gasteiger partial charge on any atom is 0.167 e. The van der Waals surface area contributed by atoms with Crippen molar-refractivity contribution in [3.05, 3.63) is 59.7 Å². The molecular weight excluding hydrogens is 428 g/mol. The first-order valence-corrected chi connectivity index (χ1v) is 12.5. The Morgan fingerprint density at radius 3 is 1.29 bits per heavy atom. The molecule has 2 aromatic carbocycles. The number of hydrogen-bond acceptors (Lipinski definition) is 6. The number of carbonyl (C=O) groups excluding carboxylic acids is 2. The van der Waals surface area contributed by atoms with Crippen LogP contribution in [0, 0.1) is 11.8 Å². The van der Waals surface area contributed by atoms with E-state index in [-0.39, 0.29) is 23.4 Å². The van der Waals surface area contributed by atoms with Crippen molar-refractivity contribution in [2.24, 2.45) is 11.8 Å². The molecule has 0 spiro atoms. The highest BCUT2D eigenvalue weighted by atomic mass is 16.5. The van der Waals surface area contributed by atoms with Crippen LogP contribution >= 0.6 is 0 Å². The van der Waals surface area contributed by atoms with Gasteiger partial charge in [-0.1, -0.05) is 13.8 Å². The first-order chi connectivity index (χ1) is 16.5. The lowest BCUT2D eigenvalue weighted by atomic mass is 9.86. The zero-order valence-electron chi connectivity index (χ0n) is 21.1. The summed E-state index contributed by atoms with van der Waals surface area (Å²) in [4.78, 5) is 26.6. The molecule has 0 radical (unpaired) electrons. The third-order valence-electron chi connectivity index (χ3n) is 5.79. The number of carbonyl (C=O) groups is 2. The predicted octanol–water partition coefficient (Wildman–Crippen LogP) is 4.78. The number of nitrogens with one attached hydrogen (secondary N) is 2. The lowest BCUT2D eigenvalue weighted by Crippen LogP contribution is -2.32. The summed E-state index contributed by atoms with van der Waals surface area (Å²) >= 11 is 0. The van der Waals surface area contributed by atoms with Gasteiger partial charge in [-0.25, -0.2) is 0 Å². The highest BCUT2D eigenvalue weighted by molar-refractivity contribution is 5.99. The molecule has 0 aliphatic heterocycles. The van der Waals surface area contributed by atoms with Gasteiger partial charge in [-0.15, -0.1) is 0 Å². The molecule has 0 unspecified atom stereocenters. The summed E-state index contributed by atoms with van der Waals surface area (Å²) in [6, 6.07) is 14.7. The van der Waals surface area contributed by atoms with E-state index < -0.39 is 0 Å². The van der Waals surface area contributed by atoms with Gasteiger partial charge in [-0.3, -0.25) is 9.59 Å². The Morgan fingerprint density at radius 2 is 1.00 bits per heavy atom. The van der Waals surface area contributed by atoms with E-state index in [0.29, 0.717) is 50.3 Å². The largest absolute Gasteiger partial charge is 0.494 e. The smallest absolute Gasteiger partial charge is 0.167 e. The number of rotatable bonds is 17. The second-order valence-corrected chi connectivity index (χ2v) is 8.23. The summed E-state index contributed by atoms with van der Waals surface area (Å²) < 4.78 is 11.0. The molecule has 34 heavy (non-hydrogen) atoms. The van der Waals surface area contributed by atoms with E-state index >= 15 is 0 Å². The number of Topliss-reactive ketones (excluding diaryl/α,β-unsaturated/α-hetero) is 2. The molecule has 0 aliphatic carbocycles. The molecule has 6 nitrogen and oxygen atoms in total. The second-order valence-electron chi connectivity index (χ2n) is 8.23. The number of benzene rings is 2. The normalized spacial score (nSPS) is 12.7. The van der Waals surface area contributed by atoms with Crippen LogP contribution in [0.25, 0.3) is 0 Å². The Bertz CT molecular complexity index is 791. The van der Waals surface area contributed by atoms with Crippen molar-refractivity contribution in [2.45, 2.75) is 40.5 Å². The van der Waals surface area contributed by atoms with E-state index in [9.17, 15) is 9.59 Å². The lowest BCUT2D eigenvalue weighted by molar-refractivity contribution is 0.0865. The van der Waals surface area contributed by atoms with Crippen LogP contribution in [0.4, 0.5) is 0 Å². The second kappa shape index (κ2) is 15.3. The summed E-state index contributed by atoms with van der Waals surface area (Å²) in [6.45, 7) is 11.9. The van der Waals surface area contributed by atoms with Gasteiger partial charge >= 0.3 is 0 Å². The average molecular weight is 469 g/mol. The van der Waals surface area contributed by atoms with Crippen molar-refractivity contribution in [3.8, 4) is 11.5 Å². The van der Waals surface area contributed by atoms with E-state index in [1.165, 1.54) is 0 Å². The van der Waals surface area contributed by atoms with Gasteiger partial charge in [0.05, 0.1) is 13.2 Å². The maximum atomic E-state index is 13.3. The molecule has 2 aromatic rings. The Morgan fingerprint density at radius 1 is 0.647 bits per heavy atom. The van der Waals surface area contributed by atoms with Crippen LogP contribution in [0.3, 0.4) is 0 Å². The summed E-state index contributed by atoms with van der Waals surface area (Å²) in [5.74, 6) is 1.31. The Kier molecular flexibility index (Phi) is 12.4. The van der Waals surface area contributed by atoms with Crippen LogP contribution in [-0.4, -0.2) is 51.0 Å². The molecule has 0 saturated carbocycles. The van der Waals surface area contributed by atoms with Gasteiger partial charge in [0.15, 0.2) is 11.6 Å². The molecule has 2 rings (SSSR count). The minimum absolute atomic E-state index is 0.0970. The zero-order chi connectivity index (χ0) is 24.8. The van der Waals surface area contributed by atoms with Gasteiger partial charge in [-0.2, -0.15) is 0 Å². The first-order valence-electron chi connectivity index (χ1n) is 12.5. The first kappa shape index (κ1) is 27.5. The van der Waals surface area contributed by atoms with Crippen molar-refractivity contribution in [1.82, 2.24) is 10.6 Å². The standard InChI is InChI=1S/C28H40N2O4/c1-5-29-19-23(27(31)21-11-15-25(16-12-21)33-7-3)9-10-24(20-30-6-2)28(32)22-13-17-26(18-14-22)34-8-4/h11-18,23-24,29-30H,5-10,19-20H2,1-4H3/t23-,24-/m0/s1. The monoisotopic (exact) mass is 468 g/mol. The summed E-state index contributed by atoms with van der Waals surface area (Å²) in [6.07, 6.45) is 1.27. The van der Waals surface area contributed by atoms with Crippen LogP contribution in [0.15, 0.2) is 48.5 Å². The van der Waals surface area contributed by atoms with Gasteiger partial charge in [-0.05, 0) is 88.3 Å². The van der Waals surface area contributed by atoms with E-state index in [0.717, 1.165) is 24.6 Å². The van der Waals surface area contributed by atoms with E-state index in [1.807, 2.05) is 76.2 Å². The molecule has 2 atom stereocenters. The average Bonchev–Trinajstić information content (AvgIpc) is 2.86. The van der Waals surface area contributed by atoms with Crippen molar-refractivity contribution < 1.29 is 19.1 Å². The van der Waals surface area contributed by atoms with Crippen molar-refractivity contribution in [2.75, 3.05) is 39.4 Å². The number of ether oxygens (including phenoxy) is 2. The summed E-state index contributed by atoms with van der Waals surface area (Å²) in [5.41, 5.74) is 1.35. The van der Waals surface area contributed by atoms with Gasteiger partial charge in [0, 0.05) is 36.1 Å². The number of hydrogen-bond donors (Lipinski definition) is 2. The minimum Gasteiger partial charge on any atom is -0.494 e. The molecule has 6 heteroatoms. The van der Waals surface area contributed by atoms with Crippen LogP contribution < -0.4 is 20.1 Å². The van der Waals surface area contributed by atoms with Gasteiger partial charge in [0.1, 0.15) is 11.5 Å². The van der Waals surface area contributed by atoms with Crippen LogP contribution in [0.2, 0.25) is 0 Å². The molecule has 0 fully saturated rings. The molecule has 0 aliphatic rings. The minimum atomic E-state index is -0.199. The number of ketones is 2. The van der Waals surface area contributed by atoms with Crippen molar-refractivity contribution in [1.29, 1.82) is 0 Å². The Hall–Kier alpha value is -2.70. The lowest BCUT2D eigenvalue weighted by Gasteiger charge is -2.21. The molecule has 0 aromatic heterocycles. The highest BCUT2D eigenvalue weighted by Crippen LogP contribution is 2.23. The third kappa shape index (κ3) is 8.58. The fourth-order valence-electron chi connectivity index (χ4n) is 3.93.